The lowest BCUT2D eigenvalue weighted by Gasteiger charge is -2.15. The van der Waals surface area contributed by atoms with Gasteiger partial charge in [0.05, 0.1) is 16.5 Å². The highest BCUT2D eigenvalue weighted by atomic mass is 35.5. The van der Waals surface area contributed by atoms with Gasteiger partial charge < -0.3 is 4.74 Å². The highest BCUT2D eigenvalue weighted by molar-refractivity contribution is 7.89. The molecule has 0 heterocycles. The first-order chi connectivity index (χ1) is 11.4. The minimum absolute atomic E-state index is 0.141. The molecule has 2 aromatic carbocycles. The Morgan fingerprint density at radius 1 is 1.17 bits per heavy atom. The average Bonchev–Trinajstić information content (AvgIpc) is 2.55. The first kappa shape index (κ1) is 18.8. The first-order valence-electron chi connectivity index (χ1n) is 7.91. The average molecular weight is 368 g/mol. The lowest BCUT2D eigenvalue weighted by atomic mass is 10.1. The van der Waals surface area contributed by atoms with Gasteiger partial charge in [-0.15, -0.1) is 0 Å². The van der Waals surface area contributed by atoms with E-state index in [4.69, 9.17) is 16.3 Å². The van der Waals surface area contributed by atoms with E-state index in [-0.39, 0.29) is 16.0 Å². The molecule has 0 aliphatic carbocycles. The van der Waals surface area contributed by atoms with Crippen molar-refractivity contribution >= 4 is 21.6 Å². The Labute approximate surface area is 148 Å². The Hall–Kier alpha value is -1.56. The van der Waals surface area contributed by atoms with Gasteiger partial charge in [-0.1, -0.05) is 41.9 Å². The van der Waals surface area contributed by atoms with Gasteiger partial charge in [0.1, 0.15) is 5.75 Å². The van der Waals surface area contributed by atoms with Crippen LogP contribution in [0.3, 0.4) is 0 Å². The molecule has 1 N–H and O–H groups in total. The molecule has 0 spiro atoms. The zero-order valence-corrected chi connectivity index (χ0v) is 15.4. The molecule has 0 radical (unpaired) electrons. The fourth-order valence-corrected chi connectivity index (χ4v) is 3.94. The number of benzene rings is 2. The zero-order valence-electron chi connectivity index (χ0n) is 13.8. The summed E-state index contributed by atoms with van der Waals surface area (Å²) in [4.78, 5) is 0.141. The topological polar surface area (TPSA) is 55.4 Å². The lowest BCUT2D eigenvalue weighted by Crippen LogP contribution is -2.33. The van der Waals surface area contributed by atoms with E-state index in [1.54, 1.807) is 6.07 Å². The van der Waals surface area contributed by atoms with Crippen LogP contribution in [0.1, 0.15) is 25.8 Å². The number of aryl methyl sites for hydroxylation is 1. The van der Waals surface area contributed by atoms with E-state index in [1.165, 1.54) is 17.7 Å². The summed E-state index contributed by atoms with van der Waals surface area (Å²) in [6, 6.07) is 14.3. The molecular weight excluding hydrogens is 346 g/mol. The SMILES string of the molecule is CCOc1ccc(S(=O)(=O)N[C@@H](C)CCc2ccccc2)cc1Cl. The fraction of sp³-hybridized carbons (Fsp3) is 0.333. The molecule has 0 saturated heterocycles. The summed E-state index contributed by atoms with van der Waals surface area (Å²) < 4.78 is 32.9. The molecule has 6 heteroatoms. The van der Waals surface area contributed by atoms with Gasteiger partial charge >= 0.3 is 0 Å². The standard InChI is InChI=1S/C18H22ClNO3S/c1-3-23-18-12-11-16(13-17(18)19)24(21,22)20-14(2)9-10-15-7-5-4-6-8-15/h4-8,11-14,20H,3,9-10H2,1-2H3/t14-/m0/s1. The number of halogens is 1. The van der Waals surface area contributed by atoms with Crippen LogP contribution in [0.4, 0.5) is 0 Å². The smallest absolute Gasteiger partial charge is 0.240 e. The van der Waals surface area contributed by atoms with Gasteiger partial charge in [-0.05, 0) is 50.5 Å². The maximum Gasteiger partial charge on any atom is 0.240 e. The summed E-state index contributed by atoms with van der Waals surface area (Å²) in [5.41, 5.74) is 1.19. The van der Waals surface area contributed by atoms with Gasteiger partial charge in [0.2, 0.25) is 10.0 Å². The first-order valence-corrected chi connectivity index (χ1v) is 9.77. The second-order valence-electron chi connectivity index (χ2n) is 5.57. The number of ether oxygens (including phenoxy) is 1. The highest BCUT2D eigenvalue weighted by Gasteiger charge is 2.18. The predicted octanol–water partition coefficient (Wildman–Crippen LogP) is 4.04. The number of hydrogen-bond acceptors (Lipinski definition) is 3. The van der Waals surface area contributed by atoms with Crippen LogP contribution in [-0.4, -0.2) is 21.1 Å². The minimum Gasteiger partial charge on any atom is -0.492 e. The molecule has 0 aromatic heterocycles. The summed E-state index contributed by atoms with van der Waals surface area (Å²) in [6.07, 6.45) is 1.53. The molecule has 0 aliphatic heterocycles. The van der Waals surface area contributed by atoms with Crippen molar-refractivity contribution < 1.29 is 13.2 Å². The lowest BCUT2D eigenvalue weighted by molar-refractivity contribution is 0.340. The van der Waals surface area contributed by atoms with Gasteiger partial charge in [-0.3, -0.25) is 0 Å². The van der Waals surface area contributed by atoms with Gasteiger partial charge in [0.15, 0.2) is 0 Å². The Bertz CT molecular complexity index is 763. The summed E-state index contributed by atoms with van der Waals surface area (Å²) in [7, 11) is -3.61. The summed E-state index contributed by atoms with van der Waals surface area (Å²) in [6.45, 7) is 4.17. The molecular formula is C18H22ClNO3S. The molecule has 0 aliphatic rings. The monoisotopic (exact) mass is 367 g/mol. The fourth-order valence-electron chi connectivity index (χ4n) is 2.34. The largest absolute Gasteiger partial charge is 0.492 e. The number of hydrogen-bond donors (Lipinski definition) is 1. The number of rotatable bonds is 8. The molecule has 130 valence electrons. The molecule has 24 heavy (non-hydrogen) atoms. The third-order valence-electron chi connectivity index (χ3n) is 3.58. The normalized spacial score (nSPS) is 12.8. The van der Waals surface area contributed by atoms with Crippen LogP contribution >= 0.6 is 11.6 Å². The second kappa shape index (κ2) is 8.51. The molecule has 2 aromatic rings. The third kappa shape index (κ3) is 5.23. The highest BCUT2D eigenvalue weighted by Crippen LogP contribution is 2.27. The molecule has 0 bridgehead atoms. The molecule has 0 fully saturated rings. The van der Waals surface area contributed by atoms with Gasteiger partial charge in [-0.25, -0.2) is 13.1 Å². The van der Waals surface area contributed by atoms with Crippen LogP contribution in [0.25, 0.3) is 0 Å². The van der Waals surface area contributed by atoms with E-state index in [2.05, 4.69) is 4.72 Å². The number of sulfonamides is 1. The van der Waals surface area contributed by atoms with E-state index < -0.39 is 10.0 Å². The Morgan fingerprint density at radius 3 is 2.50 bits per heavy atom. The van der Waals surface area contributed by atoms with Crippen molar-refractivity contribution in [2.75, 3.05) is 6.61 Å². The van der Waals surface area contributed by atoms with Crippen molar-refractivity contribution in [3.63, 3.8) is 0 Å². The van der Waals surface area contributed by atoms with Crippen LogP contribution in [0, 0.1) is 0 Å². The summed E-state index contributed by atoms with van der Waals surface area (Å²) in [5.74, 6) is 0.482. The molecule has 0 amide bonds. The van der Waals surface area contributed by atoms with Crippen LogP contribution in [-0.2, 0) is 16.4 Å². The van der Waals surface area contributed by atoms with Crippen molar-refractivity contribution in [3.05, 3.63) is 59.1 Å². The third-order valence-corrected chi connectivity index (χ3v) is 5.46. The maximum absolute atomic E-state index is 12.5. The van der Waals surface area contributed by atoms with Crippen LogP contribution < -0.4 is 9.46 Å². The van der Waals surface area contributed by atoms with Crippen molar-refractivity contribution in [2.24, 2.45) is 0 Å². The van der Waals surface area contributed by atoms with Crippen LogP contribution in [0.2, 0.25) is 5.02 Å². The quantitative estimate of drug-likeness (QED) is 0.766. The Kier molecular flexibility index (Phi) is 6.66. The Morgan fingerprint density at radius 2 is 1.88 bits per heavy atom. The maximum atomic E-state index is 12.5. The molecule has 4 nitrogen and oxygen atoms in total. The number of nitrogens with one attached hydrogen (secondary N) is 1. The van der Waals surface area contributed by atoms with E-state index in [0.717, 1.165) is 6.42 Å². The minimum atomic E-state index is -3.61. The Balaban J connectivity index is 2.01. The van der Waals surface area contributed by atoms with Crippen LogP contribution in [0.15, 0.2) is 53.4 Å². The predicted molar refractivity (Wildman–Crippen MR) is 97.2 cm³/mol. The second-order valence-corrected chi connectivity index (χ2v) is 7.69. The van der Waals surface area contributed by atoms with Crippen molar-refractivity contribution in [1.82, 2.24) is 4.72 Å². The van der Waals surface area contributed by atoms with E-state index >= 15 is 0 Å². The van der Waals surface area contributed by atoms with Crippen molar-refractivity contribution in [1.29, 1.82) is 0 Å². The van der Waals surface area contributed by atoms with Gasteiger partial charge in [-0.2, -0.15) is 0 Å². The van der Waals surface area contributed by atoms with E-state index in [9.17, 15) is 8.42 Å². The van der Waals surface area contributed by atoms with Crippen molar-refractivity contribution in [3.8, 4) is 5.75 Å². The zero-order chi connectivity index (χ0) is 17.6. The van der Waals surface area contributed by atoms with E-state index in [0.29, 0.717) is 18.8 Å². The molecule has 1 atom stereocenters. The molecule has 0 saturated carbocycles. The summed E-state index contributed by atoms with van der Waals surface area (Å²) >= 11 is 6.07. The van der Waals surface area contributed by atoms with Gasteiger partial charge in [0.25, 0.3) is 0 Å². The molecule has 0 unspecified atom stereocenters. The van der Waals surface area contributed by atoms with Crippen LogP contribution in [0.5, 0.6) is 5.75 Å². The van der Waals surface area contributed by atoms with Gasteiger partial charge in [0, 0.05) is 6.04 Å². The summed E-state index contributed by atoms with van der Waals surface area (Å²) in [5, 5.41) is 0.289. The molecule has 2 rings (SSSR count). The van der Waals surface area contributed by atoms with Crippen molar-refractivity contribution in [2.45, 2.75) is 37.6 Å². The van der Waals surface area contributed by atoms with E-state index in [1.807, 2.05) is 44.2 Å².